The maximum absolute atomic E-state index is 9.95. The maximum Gasteiger partial charge on any atom is 0.233 e. The molecule has 0 fully saturated rings. The first-order chi connectivity index (χ1) is 4.74. The molecule has 0 aliphatic heterocycles. The summed E-state index contributed by atoms with van der Waals surface area (Å²) in [4.78, 5) is 9.95. The molecule has 10 heavy (non-hydrogen) atoms. The van der Waals surface area contributed by atoms with Gasteiger partial charge in [0.2, 0.25) is 6.29 Å². The van der Waals surface area contributed by atoms with E-state index < -0.39 is 0 Å². The van der Waals surface area contributed by atoms with Crippen molar-refractivity contribution in [1.82, 2.24) is 0 Å². The molecule has 1 aromatic rings. The Kier molecular flexibility index (Phi) is 1.58. The number of benzene rings is 1. The minimum Gasteiger partial charge on any atom is -0.504 e. The summed E-state index contributed by atoms with van der Waals surface area (Å²) in [5.41, 5.74) is 0.218. The minimum absolute atomic E-state index is 0.218. The van der Waals surface area contributed by atoms with Crippen molar-refractivity contribution in [2.75, 3.05) is 0 Å². The van der Waals surface area contributed by atoms with Gasteiger partial charge in [0.15, 0.2) is 11.5 Å². The van der Waals surface area contributed by atoms with E-state index in [4.69, 9.17) is 10.2 Å². The lowest BCUT2D eigenvalue weighted by molar-refractivity contribution is 0.403. The van der Waals surface area contributed by atoms with Crippen LogP contribution in [-0.2, 0) is 4.79 Å². The Labute approximate surface area is 57.5 Å². The van der Waals surface area contributed by atoms with Gasteiger partial charge in [-0.25, -0.2) is 0 Å². The topological polar surface area (TPSA) is 57.5 Å². The first-order valence-corrected chi connectivity index (χ1v) is 2.64. The van der Waals surface area contributed by atoms with Gasteiger partial charge in [-0.15, -0.1) is 0 Å². The van der Waals surface area contributed by atoms with Crippen molar-refractivity contribution in [2.24, 2.45) is 0 Å². The number of aromatic hydroxyl groups is 2. The number of carbonyl (C=O) groups excluding carboxylic acids is 1. The molecule has 1 aromatic carbocycles. The van der Waals surface area contributed by atoms with Crippen molar-refractivity contribution in [2.45, 2.75) is 0 Å². The van der Waals surface area contributed by atoms with Gasteiger partial charge in [-0.3, -0.25) is 4.79 Å². The maximum atomic E-state index is 9.95. The molecule has 1 rings (SSSR count). The number of hydrogen-bond acceptors (Lipinski definition) is 3. The Morgan fingerprint density at radius 2 is 1.90 bits per heavy atom. The summed E-state index contributed by atoms with van der Waals surface area (Å²) in [6, 6.07) is 3.74. The van der Waals surface area contributed by atoms with Crippen molar-refractivity contribution in [1.29, 1.82) is 0 Å². The standard InChI is InChI=1S/C7H5O3/c8-4-5-1-2-6(9)7(10)3-5/h1-3,9-10H. The minimum atomic E-state index is -0.305. The summed E-state index contributed by atoms with van der Waals surface area (Å²) in [5, 5.41) is 17.6. The molecule has 2 N–H and O–H groups in total. The third-order valence-electron chi connectivity index (χ3n) is 1.09. The van der Waals surface area contributed by atoms with Gasteiger partial charge >= 0.3 is 0 Å². The highest BCUT2D eigenvalue weighted by Gasteiger charge is 1.98. The molecule has 3 nitrogen and oxygen atoms in total. The predicted octanol–water partition coefficient (Wildman–Crippen LogP) is 0.556. The van der Waals surface area contributed by atoms with Crippen LogP contribution in [0.25, 0.3) is 0 Å². The molecule has 0 unspecified atom stereocenters. The zero-order valence-corrected chi connectivity index (χ0v) is 5.03. The molecule has 0 aromatic heterocycles. The van der Waals surface area contributed by atoms with Crippen molar-refractivity contribution in [3.63, 3.8) is 0 Å². The van der Waals surface area contributed by atoms with Gasteiger partial charge in [-0.1, -0.05) is 0 Å². The molecule has 3 heteroatoms. The second-order valence-corrected chi connectivity index (χ2v) is 1.81. The van der Waals surface area contributed by atoms with Crippen LogP contribution >= 0.6 is 0 Å². The van der Waals surface area contributed by atoms with Crippen LogP contribution < -0.4 is 0 Å². The lowest BCUT2D eigenvalue weighted by Crippen LogP contribution is -1.77. The average Bonchev–Trinajstić information content (AvgIpc) is 1.95. The summed E-state index contributed by atoms with van der Waals surface area (Å²) < 4.78 is 0. The fourth-order valence-electron chi connectivity index (χ4n) is 0.587. The van der Waals surface area contributed by atoms with Crippen molar-refractivity contribution >= 4 is 6.29 Å². The van der Waals surface area contributed by atoms with E-state index >= 15 is 0 Å². The van der Waals surface area contributed by atoms with Gasteiger partial charge in [-0.05, 0) is 18.2 Å². The molecule has 1 radical (unpaired) electrons. The quantitative estimate of drug-likeness (QED) is 0.556. The Hall–Kier alpha value is -1.51. The molecule has 0 spiro atoms. The van der Waals surface area contributed by atoms with Gasteiger partial charge in [0.25, 0.3) is 0 Å². The van der Waals surface area contributed by atoms with Crippen LogP contribution in [0.5, 0.6) is 11.5 Å². The second-order valence-electron chi connectivity index (χ2n) is 1.81. The Balaban J connectivity index is 3.16. The highest BCUT2D eigenvalue weighted by Crippen LogP contribution is 2.23. The molecule has 51 valence electrons. The summed E-state index contributed by atoms with van der Waals surface area (Å²) in [6.07, 6.45) is 1.57. The molecular formula is C7H5O3. The van der Waals surface area contributed by atoms with E-state index in [-0.39, 0.29) is 17.1 Å². The van der Waals surface area contributed by atoms with E-state index in [1.165, 1.54) is 12.1 Å². The van der Waals surface area contributed by atoms with Crippen LogP contribution in [0.3, 0.4) is 0 Å². The van der Waals surface area contributed by atoms with Gasteiger partial charge in [0, 0.05) is 5.56 Å². The second kappa shape index (κ2) is 2.39. The number of hydrogen-bond donors (Lipinski definition) is 2. The van der Waals surface area contributed by atoms with Gasteiger partial charge in [-0.2, -0.15) is 0 Å². The van der Waals surface area contributed by atoms with Gasteiger partial charge in [0.05, 0.1) is 0 Å². The van der Waals surface area contributed by atoms with Crippen molar-refractivity contribution in [3.05, 3.63) is 23.8 Å². The van der Waals surface area contributed by atoms with E-state index in [0.29, 0.717) is 0 Å². The molecule has 0 saturated heterocycles. The summed E-state index contributed by atoms with van der Waals surface area (Å²) >= 11 is 0. The first kappa shape index (κ1) is 6.61. The lowest BCUT2D eigenvalue weighted by atomic mass is 10.2. The predicted molar refractivity (Wildman–Crippen MR) is 34.6 cm³/mol. The van der Waals surface area contributed by atoms with Crippen molar-refractivity contribution < 1.29 is 15.0 Å². The number of rotatable bonds is 1. The molecule has 0 amide bonds. The molecule has 0 heterocycles. The highest BCUT2D eigenvalue weighted by atomic mass is 16.3. The third-order valence-corrected chi connectivity index (χ3v) is 1.09. The number of phenols is 2. The first-order valence-electron chi connectivity index (χ1n) is 2.64. The fraction of sp³-hybridized carbons (Fsp3) is 0. The van der Waals surface area contributed by atoms with Gasteiger partial charge in [0.1, 0.15) is 0 Å². The highest BCUT2D eigenvalue weighted by molar-refractivity contribution is 5.76. The smallest absolute Gasteiger partial charge is 0.233 e. The molecular weight excluding hydrogens is 132 g/mol. The van der Waals surface area contributed by atoms with E-state index in [1.54, 1.807) is 6.29 Å². The number of phenolic OH excluding ortho intramolecular Hbond substituents is 2. The normalized spacial score (nSPS) is 9.20. The third kappa shape index (κ3) is 1.07. The van der Waals surface area contributed by atoms with E-state index in [9.17, 15) is 4.79 Å². The Bertz CT molecular complexity index is 255. The van der Waals surface area contributed by atoms with Gasteiger partial charge < -0.3 is 10.2 Å². The summed E-state index contributed by atoms with van der Waals surface area (Å²) in [5.74, 6) is -0.542. The van der Waals surface area contributed by atoms with E-state index in [1.807, 2.05) is 0 Å². The fourth-order valence-corrected chi connectivity index (χ4v) is 0.587. The molecule has 0 aliphatic carbocycles. The summed E-state index contributed by atoms with van der Waals surface area (Å²) in [7, 11) is 0. The zero-order chi connectivity index (χ0) is 7.56. The van der Waals surface area contributed by atoms with Crippen LogP contribution in [0.4, 0.5) is 0 Å². The van der Waals surface area contributed by atoms with Crippen LogP contribution in [-0.4, -0.2) is 16.5 Å². The average molecular weight is 137 g/mol. The largest absolute Gasteiger partial charge is 0.504 e. The lowest BCUT2D eigenvalue weighted by Gasteiger charge is -1.94. The van der Waals surface area contributed by atoms with Crippen LogP contribution in [0.2, 0.25) is 0 Å². The van der Waals surface area contributed by atoms with Crippen LogP contribution in [0.1, 0.15) is 5.56 Å². The molecule has 0 aliphatic rings. The van der Waals surface area contributed by atoms with E-state index in [2.05, 4.69) is 0 Å². The molecule has 0 atom stereocenters. The Morgan fingerprint density at radius 3 is 2.40 bits per heavy atom. The van der Waals surface area contributed by atoms with Crippen LogP contribution in [0, 0.1) is 0 Å². The monoisotopic (exact) mass is 137 g/mol. The zero-order valence-electron chi connectivity index (χ0n) is 5.03. The van der Waals surface area contributed by atoms with Crippen molar-refractivity contribution in [3.8, 4) is 11.5 Å². The van der Waals surface area contributed by atoms with E-state index in [0.717, 1.165) is 6.07 Å². The summed E-state index contributed by atoms with van der Waals surface area (Å²) in [6.45, 7) is 0. The molecule has 0 bridgehead atoms. The molecule has 0 saturated carbocycles. The Morgan fingerprint density at radius 1 is 1.20 bits per heavy atom. The van der Waals surface area contributed by atoms with Crippen LogP contribution in [0.15, 0.2) is 18.2 Å². The SMILES string of the molecule is O=[C]c1ccc(O)c(O)c1.